The van der Waals surface area contributed by atoms with Gasteiger partial charge < -0.3 is 9.47 Å². The van der Waals surface area contributed by atoms with Crippen molar-refractivity contribution in [3.63, 3.8) is 0 Å². The van der Waals surface area contributed by atoms with Gasteiger partial charge in [0.05, 0.1) is 35.6 Å². The molecule has 2 rings (SSSR count). The Balaban J connectivity index is 2.16. The van der Waals surface area contributed by atoms with Gasteiger partial charge in [0.25, 0.3) is 5.69 Å². The number of hydrogen-bond acceptors (Lipinski definition) is 6. The lowest BCUT2D eigenvalue weighted by Gasteiger charge is -2.11. The lowest BCUT2D eigenvalue weighted by molar-refractivity contribution is -0.384. The van der Waals surface area contributed by atoms with Gasteiger partial charge in [-0.05, 0) is 30.7 Å². The summed E-state index contributed by atoms with van der Waals surface area (Å²) in [7, 11) is 1.52. The molecule has 8 heteroatoms. The van der Waals surface area contributed by atoms with E-state index in [9.17, 15) is 10.1 Å². The Morgan fingerprint density at radius 3 is 2.83 bits per heavy atom. The molecule has 0 saturated heterocycles. The number of nitro benzene ring substituents is 1. The number of nitrogens with zero attached hydrogens (tertiary/aromatic N) is 2. The number of hydrazone groups is 1. The van der Waals surface area contributed by atoms with Gasteiger partial charge in [-0.3, -0.25) is 15.5 Å². The predicted octanol–water partition coefficient (Wildman–Crippen LogP) is 4.10. The first-order valence-corrected chi connectivity index (χ1v) is 7.46. The van der Waals surface area contributed by atoms with Crippen LogP contribution in [0.15, 0.2) is 41.5 Å². The van der Waals surface area contributed by atoms with Crippen LogP contribution in [0, 0.1) is 10.1 Å². The molecule has 1 N–H and O–H groups in total. The number of non-ortho nitro benzene ring substituents is 1. The normalized spacial score (nSPS) is 10.6. The average molecular weight is 350 g/mol. The molecule has 7 nitrogen and oxygen atoms in total. The largest absolute Gasteiger partial charge is 0.493 e. The Kier molecular flexibility index (Phi) is 5.97. The smallest absolute Gasteiger partial charge is 0.271 e. The molecule has 0 fully saturated rings. The maximum atomic E-state index is 10.7. The van der Waals surface area contributed by atoms with Crippen LogP contribution in [0.2, 0.25) is 5.02 Å². The number of anilines is 1. The highest BCUT2D eigenvalue weighted by molar-refractivity contribution is 6.32. The van der Waals surface area contributed by atoms with Crippen molar-refractivity contribution in [2.75, 3.05) is 19.1 Å². The molecule has 0 bridgehead atoms. The van der Waals surface area contributed by atoms with Gasteiger partial charge in [0, 0.05) is 12.1 Å². The molecule has 2 aromatic rings. The minimum Gasteiger partial charge on any atom is -0.493 e. The third kappa shape index (κ3) is 4.36. The number of methoxy groups -OCH3 is 1. The lowest BCUT2D eigenvalue weighted by Crippen LogP contribution is -1.98. The topological polar surface area (TPSA) is 86.0 Å². The summed E-state index contributed by atoms with van der Waals surface area (Å²) in [6.07, 6.45) is 1.53. The number of nitro groups is 1. The van der Waals surface area contributed by atoms with E-state index < -0.39 is 4.92 Å². The van der Waals surface area contributed by atoms with Gasteiger partial charge in [-0.2, -0.15) is 5.10 Å². The number of hydrogen-bond donors (Lipinski definition) is 1. The highest BCUT2D eigenvalue weighted by Gasteiger charge is 2.11. The molecular formula is C16H16ClN3O4. The van der Waals surface area contributed by atoms with E-state index in [1.54, 1.807) is 24.3 Å². The van der Waals surface area contributed by atoms with Gasteiger partial charge in [-0.15, -0.1) is 0 Å². The molecule has 126 valence electrons. The maximum absolute atomic E-state index is 10.7. The fourth-order valence-electron chi connectivity index (χ4n) is 1.97. The van der Waals surface area contributed by atoms with E-state index in [-0.39, 0.29) is 5.69 Å². The zero-order chi connectivity index (χ0) is 17.5. The molecular weight excluding hydrogens is 334 g/mol. The van der Waals surface area contributed by atoms with Crippen molar-refractivity contribution in [3.8, 4) is 11.5 Å². The Labute approximate surface area is 144 Å². The molecule has 24 heavy (non-hydrogen) atoms. The second-order valence-electron chi connectivity index (χ2n) is 4.64. The summed E-state index contributed by atoms with van der Waals surface area (Å²) < 4.78 is 10.7. The standard InChI is InChI=1S/C16H16ClN3O4/c1-3-24-16-14(17)7-11(8-15(16)23-2)10-18-19-12-5-4-6-13(9-12)20(21)22/h4-10,19H,3H2,1-2H3. The molecule has 0 saturated carbocycles. The van der Waals surface area contributed by atoms with Gasteiger partial charge in [-0.25, -0.2) is 0 Å². The van der Waals surface area contributed by atoms with Crippen LogP contribution in [0.3, 0.4) is 0 Å². The first-order chi connectivity index (χ1) is 11.5. The number of rotatable bonds is 7. The second kappa shape index (κ2) is 8.16. The summed E-state index contributed by atoms with van der Waals surface area (Å²) in [5.41, 5.74) is 3.92. The maximum Gasteiger partial charge on any atom is 0.271 e. The number of benzene rings is 2. The lowest BCUT2D eigenvalue weighted by atomic mass is 10.2. The van der Waals surface area contributed by atoms with E-state index in [1.165, 1.54) is 25.5 Å². The Bertz CT molecular complexity index is 765. The van der Waals surface area contributed by atoms with Crippen molar-refractivity contribution in [1.29, 1.82) is 0 Å². The van der Waals surface area contributed by atoms with Crippen LogP contribution in [0.25, 0.3) is 0 Å². The van der Waals surface area contributed by atoms with Crippen LogP contribution in [0.5, 0.6) is 11.5 Å². The van der Waals surface area contributed by atoms with Crippen LogP contribution < -0.4 is 14.9 Å². The molecule has 0 atom stereocenters. The zero-order valence-corrected chi connectivity index (χ0v) is 13.9. The molecule has 0 aromatic heterocycles. The van der Waals surface area contributed by atoms with Gasteiger partial charge in [0.15, 0.2) is 11.5 Å². The first kappa shape index (κ1) is 17.6. The highest BCUT2D eigenvalue weighted by atomic mass is 35.5. The Hall–Kier alpha value is -2.80. The third-order valence-corrected chi connectivity index (χ3v) is 3.29. The minimum atomic E-state index is -0.466. The van der Waals surface area contributed by atoms with Crippen molar-refractivity contribution in [2.45, 2.75) is 6.92 Å². The van der Waals surface area contributed by atoms with Crippen LogP contribution >= 0.6 is 11.6 Å². The molecule has 0 aliphatic carbocycles. The molecule has 0 amide bonds. The summed E-state index contributed by atoms with van der Waals surface area (Å²) in [4.78, 5) is 10.3. The molecule has 0 aliphatic rings. The van der Waals surface area contributed by atoms with E-state index in [0.717, 1.165) is 0 Å². The summed E-state index contributed by atoms with van der Waals surface area (Å²) >= 11 is 6.18. The highest BCUT2D eigenvalue weighted by Crippen LogP contribution is 2.36. The van der Waals surface area contributed by atoms with E-state index in [4.69, 9.17) is 21.1 Å². The Morgan fingerprint density at radius 2 is 2.17 bits per heavy atom. The van der Waals surface area contributed by atoms with Crippen LogP contribution in [-0.4, -0.2) is 24.9 Å². The van der Waals surface area contributed by atoms with Crippen molar-refractivity contribution in [2.24, 2.45) is 5.10 Å². The van der Waals surface area contributed by atoms with Gasteiger partial charge in [0.2, 0.25) is 0 Å². The van der Waals surface area contributed by atoms with Crippen LogP contribution in [0.1, 0.15) is 12.5 Å². The summed E-state index contributed by atoms with van der Waals surface area (Å²) in [5.74, 6) is 0.978. The molecule has 0 unspecified atom stereocenters. The number of halogens is 1. The fraction of sp³-hybridized carbons (Fsp3) is 0.188. The monoisotopic (exact) mass is 349 g/mol. The van der Waals surface area contributed by atoms with Crippen molar-refractivity contribution >= 4 is 29.2 Å². The van der Waals surface area contributed by atoms with Gasteiger partial charge in [-0.1, -0.05) is 17.7 Å². The molecule has 0 heterocycles. The fourth-order valence-corrected chi connectivity index (χ4v) is 2.24. The summed E-state index contributed by atoms with van der Waals surface area (Å²) in [6.45, 7) is 2.33. The number of nitrogens with one attached hydrogen (secondary N) is 1. The SMILES string of the molecule is CCOc1c(Cl)cc(C=NNc2cccc([N+](=O)[O-])c2)cc1OC. The zero-order valence-electron chi connectivity index (χ0n) is 13.2. The van der Waals surface area contributed by atoms with Gasteiger partial charge >= 0.3 is 0 Å². The molecule has 0 spiro atoms. The van der Waals surface area contributed by atoms with Crippen LogP contribution in [0.4, 0.5) is 11.4 Å². The molecule has 0 radical (unpaired) electrons. The third-order valence-electron chi connectivity index (χ3n) is 3.00. The van der Waals surface area contributed by atoms with Gasteiger partial charge in [0.1, 0.15) is 0 Å². The minimum absolute atomic E-state index is 0.0130. The number of ether oxygens (including phenoxy) is 2. The molecule has 2 aromatic carbocycles. The van der Waals surface area contributed by atoms with Crippen molar-refractivity contribution in [3.05, 3.63) is 57.1 Å². The van der Waals surface area contributed by atoms with E-state index in [1.807, 2.05) is 6.92 Å². The van der Waals surface area contributed by atoms with E-state index in [2.05, 4.69) is 10.5 Å². The average Bonchev–Trinajstić information content (AvgIpc) is 2.57. The van der Waals surface area contributed by atoms with Crippen molar-refractivity contribution < 1.29 is 14.4 Å². The van der Waals surface area contributed by atoms with Crippen LogP contribution in [-0.2, 0) is 0 Å². The van der Waals surface area contributed by atoms with E-state index >= 15 is 0 Å². The first-order valence-electron chi connectivity index (χ1n) is 7.09. The predicted molar refractivity (Wildman–Crippen MR) is 93.5 cm³/mol. The quantitative estimate of drug-likeness (QED) is 0.462. The second-order valence-corrected chi connectivity index (χ2v) is 5.05. The van der Waals surface area contributed by atoms with E-state index in [0.29, 0.717) is 34.4 Å². The summed E-state index contributed by atoms with van der Waals surface area (Å²) in [6, 6.07) is 9.47. The Morgan fingerprint density at radius 1 is 1.38 bits per heavy atom. The van der Waals surface area contributed by atoms with Crippen molar-refractivity contribution in [1.82, 2.24) is 0 Å². The summed E-state index contributed by atoms with van der Waals surface area (Å²) in [5, 5.41) is 15.2. The molecule has 0 aliphatic heterocycles.